The zero-order valence-electron chi connectivity index (χ0n) is 23.4. The number of amides is 1. The van der Waals surface area contributed by atoms with Crippen LogP contribution in [-0.2, 0) is 0 Å². The van der Waals surface area contributed by atoms with Crippen molar-refractivity contribution in [3.63, 3.8) is 0 Å². The van der Waals surface area contributed by atoms with Crippen molar-refractivity contribution < 1.29 is 9.53 Å². The number of nitrogens with one attached hydrogen (secondary N) is 1. The Labute approximate surface area is 225 Å². The Balaban J connectivity index is 1.44. The van der Waals surface area contributed by atoms with Crippen molar-refractivity contribution in [2.75, 3.05) is 13.7 Å². The zero-order valence-corrected chi connectivity index (χ0v) is 23.4. The molecule has 0 fully saturated rings. The van der Waals surface area contributed by atoms with Crippen molar-refractivity contribution in [1.82, 2.24) is 5.32 Å². The highest BCUT2D eigenvalue weighted by Crippen LogP contribution is 2.21. The number of methoxy groups -OCH3 is 1. The molecule has 0 spiro atoms. The Hall–Kier alpha value is -2.69. The summed E-state index contributed by atoms with van der Waals surface area (Å²) in [7, 11) is 1.63. The summed E-state index contributed by atoms with van der Waals surface area (Å²) < 4.78 is 5.14. The molecule has 0 saturated carbocycles. The third-order valence-corrected chi connectivity index (χ3v) is 6.80. The Bertz CT molecular complexity index is 863. The first-order valence-electron chi connectivity index (χ1n) is 14.7. The summed E-state index contributed by atoms with van der Waals surface area (Å²) in [5.74, 6) is 0.758. The molecule has 0 aliphatic heterocycles. The first kappa shape index (κ1) is 30.5. The van der Waals surface area contributed by atoms with Gasteiger partial charge in [-0.05, 0) is 55.0 Å². The van der Waals surface area contributed by atoms with Gasteiger partial charge >= 0.3 is 0 Å². The van der Waals surface area contributed by atoms with Gasteiger partial charge in [0.15, 0.2) is 0 Å². The van der Waals surface area contributed by atoms with Crippen LogP contribution in [0, 0.1) is 0 Å². The number of unbranched alkanes of at least 4 members (excludes halogenated alkanes) is 15. The van der Waals surface area contributed by atoms with Crippen LogP contribution in [0.5, 0.6) is 5.75 Å². The number of rotatable bonds is 21. The van der Waals surface area contributed by atoms with Gasteiger partial charge in [-0.1, -0.05) is 103 Å². The summed E-state index contributed by atoms with van der Waals surface area (Å²) in [4.78, 5) is 12.4. The van der Waals surface area contributed by atoms with Crippen LogP contribution in [0.25, 0.3) is 0 Å². The molecule has 1 amide bonds. The highest BCUT2D eigenvalue weighted by Gasteiger charge is 2.04. The van der Waals surface area contributed by atoms with Crippen LogP contribution in [0.3, 0.4) is 0 Å². The number of azo groups is 1. The number of benzene rings is 2. The molecule has 5 nitrogen and oxygen atoms in total. The van der Waals surface area contributed by atoms with Crippen LogP contribution in [0.1, 0.15) is 120 Å². The van der Waals surface area contributed by atoms with E-state index >= 15 is 0 Å². The summed E-state index contributed by atoms with van der Waals surface area (Å²) >= 11 is 0. The molecule has 0 atom stereocenters. The summed E-state index contributed by atoms with van der Waals surface area (Å²) in [6.07, 6.45) is 21.7. The number of ether oxygens (including phenoxy) is 1. The fourth-order valence-electron chi connectivity index (χ4n) is 4.42. The van der Waals surface area contributed by atoms with Crippen molar-refractivity contribution in [3.8, 4) is 5.75 Å². The molecule has 0 aliphatic carbocycles. The van der Waals surface area contributed by atoms with E-state index in [1.54, 1.807) is 19.2 Å². The maximum atomic E-state index is 12.4. The SMILES string of the molecule is CCCCCCCCCCCCCCCCCCNC(=O)c1ccc(N=Nc2ccc(OC)cc2)cc1. The monoisotopic (exact) mass is 507 g/mol. The predicted molar refractivity (Wildman–Crippen MR) is 155 cm³/mol. The number of hydrogen-bond acceptors (Lipinski definition) is 4. The summed E-state index contributed by atoms with van der Waals surface area (Å²) in [6.45, 7) is 3.01. The van der Waals surface area contributed by atoms with E-state index in [-0.39, 0.29) is 5.91 Å². The van der Waals surface area contributed by atoms with Crippen LogP contribution in [-0.4, -0.2) is 19.6 Å². The molecule has 0 aromatic heterocycles. The number of nitrogens with zero attached hydrogens (tertiary/aromatic N) is 2. The molecule has 1 N–H and O–H groups in total. The lowest BCUT2D eigenvalue weighted by molar-refractivity contribution is 0.0953. The molecular weight excluding hydrogens is 458 g/mol. The molecule has 0 saturated heterocycles. The molecule has 2 rings (SSSR count). The van der Waals surface area contributed by atoms with E-state index < -0.39 is 0 Å². The Morgan fingerprint density at radius 3 is 1.46 bits per heavy atom. The van der Waals surface area contributed by atoms with E-state index in [1.165, 1.54) is 96.3 Å². The highest BCUT2D eigenvalue weighted by atomic mass is 16.5. The molecule has 2 aromatic carbocycles. The van der Waals surface area contributed by atoms with Crippen molar-refractivity contribution in [2.24, 2.45) is 10.2 Å². The van der Waals surface area contributed by atoms with Crippen molar-refractivity contribution >= 4 is 17.3 Å². The van der Waals surface area contributed by atoms with E-state index in [9.17, 15) is 4.79 Å². The van der Waals surface area contributed by atoms with Gasteiger partial charge in [-0.3, -0.25) is 4.79 Å². The van der Waals surface area contributed by atoms with Gasteiger partial charge in [-0.15, -0.1) is 0 Å². The number of carbonyl (C=O) groups is 1. The Morgan fingerprint density at radius 2 is 1.03 bits per heavy atom. The van der Waals surface area contributed by atoms with Crippen LogP contribution in [0.4, 0.5) is 11.4 Å². The first-order valence-corrected chi connectivity index (χ1v) is 14.7. The van der Waals surface area contributed by atoms with Gasteiger partial charge in [0.05, 0.1) is 18.5 Å². The van der Waals surface area contributed by atoms with Crippen molar-refractivity contribution in [2.45, 2.75) is 110 Å². The molecule has 5 heteroatoms. The lowest BCUT2D eigenvalue weighted by Crippen LogP contribution is -2.24. The van der Waals surface area contributed by atoms with Crippen LogP contribution in [0.2, 0.25) is 0 Å². The fraction of sp³-hybridized carbons (Fsp3) is 0.594. The van der Waals surface area contributed by atoms with Crippen LogP contribution in [0.15, 0.2) is 58.8 Å². The molecule has 37 heavy (non-hydrogen) atoms. The van der Waals surface area contributed by atoms with E-state index in [2.05, 4.69) is 22.5 Å². The highest BCUT2D eigenvalue weighted by molar-refractivity contribution is 5.94. The molecule has 0 heterocycles. The quantitative estimate of drug-likeness (QED) is 0.135. The molecule has 0 bridgehead atoms. The molecule has 2 aromatic rings. The lowest BCUT2D eigenvalue weighted by Gasteiger charge is -2.06. The van der Waals surface area contributed by atoms with Gasteiger partial charge in [-0.25, -0.2) is 0 Å². The topological polar surface area (TPSA) is 63.0 Å². The second-order valence-electron chi connectivity index (χ2n) is 10.0. The normalized spacial score (nSPS) is 11.2. The summed E-state index contributed by atoms with van der Waals surface area (Å²) in [5.41, 5.74) is 2.12. The van der Waals surface area contributed by atoms with E-state index in [0.717, 1.165) is 24.4 Å². The van der Waals surface area contributed by atoms with Gasteiger partial charge in [-0.2, -0.15) is 10.2 Å². The average Bonchev–Trinajstić information content (AvgIpc) is 2.94. The molecular formula is C32H49N3O2. The second kappa shape index (κ2) is 20.4. The maximum Gasteiger partial charge on any atom is 0.251 e. The van der Waals surface area contributed by atoms with Crippen LogP contribution >= 0.6 is 0 Å². The number of hydrogen-bond donors (Lipinski definition) is 1. The predicted octanol–water partition coefficient (Wildman–Crippen LogP) is 10.1. The van der Waals surface area contributed by atoms with Crippen molar-refractivity contribution in [3.05, 3.63) is 54.1 Å². The zero-order chi connectivity index (χ0) is 26.4. The van der Waals surface area contributed by atoms with Gasteiger partial charge in [0.1, 0.15) is 5.75 Å². The minimum Gasteiger partial charge on any atom is -0.497 e. The second-order valence-corrected chi connectivity index (χ2v) is 10.0. The van der Waals surface area contributed by atoms with Crippen LogP contribution < -0.4 is 10.1 Å². The maximum absolute atomic E-state index is 12.4. The fourth-order valence-corrected chi connectivity index (χ4v) is 4.42. The Morgan fingerprint density at radius 1 is 0.622 bits per heavy atom. The lowest BCUT2D eigenvalue weighted by atomic mass is 10.0. The third-order valence-electron chi connectivity index (χ3n) is 6.80. The molecule has 204 valence electrons. The minimum atomic E-state index is -0.0281. The Kier molecular flexibility index (Phi) is 16.8. The third kappa shape index (κ3) is 14.6. The number of carbonyl (C=O) groups excluding carboxylic acids is 1. The molecule has 0 radical (unpaired) electrons. The standard InChI is InChI=1S/C32H49N3O2/c1-3-4-5-6-7-8-9-10-11-12-13-14-15-16-17-18-27-33-32(36)28-19-21-29(22-20-28)34-35-30-23-25-31(37-2)26-24-30/h19-26H,3-18,27H2,1-2H3,(H,33,36). The van der Waals surface area contributed by atoms with E-state index in [1.807, 2.05) is 36.4 Å². The van der Waals surface area contributed by atoms with Crippen molar-refractivity contribution in [1.29, 1.82) is 0 Å². The summed E-state index contributed by atoms with van der Waals surface area (Å²) in [5, 5.41) is 11.5. The van der Waals surface area contributed by atoms with Gasteiger partial charge in [0.25, 0.3) is 5.91 Å². The van der Waals surface area contributed by atoms with E-state index in [4.69, 9.17) is 4.74 Å². The summed E-state index contributed by atoms with van der Waals surface area (Å²) in [6, 6.07) is 14.6. The smallest absolute Gasteiger partial charge is 0.251 e. The van der Waals surface area contributed by atoms with Gasteiger partial charge < -0.3 is 10.1 Å². The average molecular weight is 508 g/mol. The molecule has 0 unspecified atom stereocenters. The largest absolute Gasteiger partial charge is 0.497 e. The minimum absolute atomic E-state index is 0.0281. The van der Waals surface area contributed by atoms with Gasteiger partial charge in [0, 0.05) is 12.1 Å². The van der Waals surface area contributed by atoms with Gasteiger partial charge in [0.2, 0.25) is 0 Å². The van der Waals surface area contributed by atoms with E-state index in [0.29, 0.717) is 11.3 Å². The molecule has 0 aliphatic rings. The first-order chi connectivity index (χ1) is 18.2.